The van der Waals surface area contributed by atoms with Gasteiger partial charge >= 0.3 is 0 Å². The minimum atomic E-state index is -2.27. The molecule has 0 unspecified atom stereocenters. The van der Waals surface area contributed by atoms with E-state index in [4.69, 9.17) is 5.11 Å². The van der Waals surface area contributed by atoms with Crippen molar-refractivity contribution in [2.45, 2.75) is 25.5 Å². The number of aromatic nitrogens is 2. The number of alkyl halides is 2. The van der Waals surface area contributed by atoms with E-state index in [9.17, 15) is 8.78 Å². The summed E-state index contributed by atoms with van der Waals surface area (Å²) in [6.45, 7) is -0.164. The number of nitrogens with zero attached hydrogens (tertiary/aromatic N) is 2. The van der Waals surface area contributed by atoms with E-state index >= 15 is 0 Å². The van der Waals surface area contributed by atoms with Crippen molar-refractivity contribution in [2.75, 3.05) is 5.32 Å². The smallest absolute Gasteiger partial charge is 0.243 e. The maximum absolute atomic E-state index is 12.1. The molecule has 4 nitrogen and oxygen atoms in total. The van der Waals surface area contributed by atoms with Crippen LogP contribution in [0.4, 0.5) is 13.9 Å². The third-order valence-corrected chi connectivity index (χ3v) is 2.91. The molecule has 0 aromatic carbocycles. The molecule has 2 N–H and O–H groups in total. The van der Waals surface area contributed by atoms with Crippen molar-refractivity contribution in [3.8, 4) is 0 Å². The first-order valence-corrected chi connectivity index (χ1v) is 5.00. The average molecular weight is 221 g/mol. The minimum absolute atomic E-state index is 0.164. The van der Waals surface area contributed by atoms with Crippen LogP contribution in [-0.2, 0) is 6.61 Å². The Balaban J connectivity index is 1.87. The van der Waals surface area contributed by atoms with Crippen LogP contribution in [0.2, 0.25) is 0 Å². The van der Waals surface area contributed by atoms with Gasteiger partial charge < -0.3 is 10.4 Å². The predicted octanol–water partition coefficient (Wildman–Crippen LogP) is 1.10. The molecule has 0 saturated heterocycles. The Morgan fingerprint density at radius 2 is 2.36 bits per heavy atom. The molecule has 1 aromatic heterocycles. The molecular weight excluding hydrogens is 212 g/mol. The summed E-state index contributed by atoms with van der Waals surface area (Å²) >= 11 is 1.19. The van der Waals surface area contributed by atoms with E-state index in [2.05, 4.69) is 15.5 Å². The van der Waals surface area contributed by atoms with Gasteiger partial charge in [-0.2, -0.15) is 0 Å². The quantitative estimate of drug-likeness (QED) is 0.799. The summed E-state index contributed by atoms with van der Waals surface area (Å²) in [6, 6.07) is -0.186. The van der Waals surface area contributed by atoms with Gasteiger partial charge in [0.2, 0.25) is 11.6 Å². The number of halogens is 2. The van der Waals surface area contributed by atoms with Gasteiger partial charge in [-0.3, -0.25) is 0 Å². The van der Waals surface area contributed by atoms with Crippen LogP contribution in [0.15, 0.2) is 0 Å². The Morgan fingerprint density at radius 1 is 1.57 bits per heavy atom. The molecule has 2 rings (SSSR count). The first kappa shape index (κ1) is 9.72. The zero-order valence-electron chi connectivity index (χ0n) is 7.15. The molecule has 1 fully saturated rings. The lowest BCUT2D eigenvalue weighted by Crippen LogP contribution is -2.08. The highest BCUT2D eigenvalue weighted by molar-refractivity contribution is 7.15. The first-order chi connectivity index (χ1) is 6.70. The van der Waals surface area contributed by atoms with E-state index in [0.717, 1.165) is 0 Å². The van der Waals surface area contributed by atoms with Crippen molar-refractivity contribution in [3.05, 3.63) is 5.01 Å². The highest BCUT2D eigenvalue weighted by Gasteiger charge is 2.44. The summed E-state index contributed by atoms with van der Waals surface area (Å²) < 4.78 is 24.3. The third kappa shape index (κ3) is 1.98. The summed E-state index contributed by atoms with van der Waals surface area (Å²) in [5.74, 6) is -0.559. The zero-order chi connectivity index (χ0) is 10.1. The van der Waals surface area contributed by atoms with Gasteiger partial charge in [0.25, 0.3) is 0 Å². The maximum atomic E-state index is 12.1. The van der Waals surface area contributed by atoms with E-state index in [1.807, 2.05) is 0 Å². The number of aliphatic hydroxyl groups excluding tert-OH is 1. The van der Waals surface area contributed by atoms with Crippen molar-refractivity contribution in [1.29, 1.82) is 0 Å². The van der Waals surface area contributed by atoms with Crippen LogP contribution >= 0.6 is 11.3 Å². The lowest BCUT2D eigenvalue weighted by Gasteiger charge is -1.98. The van der Waals surface area contributed by atoms with Crippen LogP contribution in [-0.4, -0.2) is 27.8 Å². The van der Waals surface area contributed by atoms with Crippen LogP contribution in [0.25, 0.3) is 0 Å². The van der Waals surface area contributed by atoms with Crippen molar-refractivity contribution < 1.29 is 13.9 Å². The molecule has 2 atom stereocenters. The van der Waals surface area contributed by atoms with Crippen LogP contribution < -0.4 is 5.32 Å². The third-order valence-electron chi connectivity index (χ3n) is 2.07. The van der Waals surface area contributed by atoms with Crippen molar-refractivity contribution in [3.63, 3.8) is 0 Å². The molecule has 78 valence electrons. The number of rotatable bonds is 4. The molecule has 7 heteroatoms. The Bertz CT molecular complexity index is 320. The van der Waals surface area contributed by atoms with Gasteiger partial charge in [0.15, 0.2) is 0 Å². The van der Waals surface area contributed by atoms with E-state index in [1.54, 1.807) is 0 Å². The SMILES string of the molecule is OCc1nnc(N[C@H]2C[C@@H]2C(F)F)s1. The fourth-order valence-electron chi connectivity index (χ4n) is 1.19. The summed E-state index contributed by atoms with van der Waals surface area (Å²) in [5, 5.41) is 19.9. The summed E-state index contributed by atoms with van der Waals surface area (Å²) in [6.07, 6.45) is -1.79. The fraction of sp³-hybridized carbons (Fsp3) is 0.714. The van der Waals surface area contributed by atoms with E-state index in [-0.39, 0.29) is 12.6 Å². The van der Waals surface area contributed by atoms with E-state index < -0.39 is 12.3 Å². The molecule has 1 aliphatic rings. The summed E-state index contributed by atoms with van der Waals surface area (Å²) in [5.41, 5.74) is 0. The maximum Gasteiger partial charge on any atom is 0.243 e. The monoisotopic (exact) mass is 221 g/mol. The lowest BCUT2D eigenvalue weighted by molar-refractivity contribution is 0.121. The molecule has 0 bridgehead atoms. The molecule has 14 heavy (non-hydrogen) atoms. The largest absolute Gasteiger partial charge is 0.389 e. The van der Waals surface area contributed by atoms with Gasteiger partial charge in [0.05, 0.1) is 6.61 Å². The Labute approximate surface area is 83.0 Å². The lowest BCUT2D eigenvalue weighted by atomic mass is 10.4. The molecular formula is C7H9F2N3OS. The number of anilines is 1. The van der Waals surface area contributed by atoms with E-state index in [0.29, 0.717) is 16.6 Å². The molecule has 0 radical (unpaired) electrons. The second kappa shape index (κ2) is 3.74. The predicted molar refractivity (Wildman–Crippen MR) is 47.4 cm³/mol. The van der Waals surface area contributed by atoms with Gasteiger partial charge in [0.1, 0.15) is 5.01 Å². The second-order valence-electron chi connectivity index (χ2n) is 3.14. The van der Waals surface area contributed by atoms with Gasteiger partial charge in [-0.25, -0.2) is 8.78 Å². The van der Waals surface area contributed by atoms with Crippen molar-refractivity contribution >= 4 is 16.5 Å². The molecule has 1 heterocycles. The molecule has 1 aromatic rings. The number of hydrogen-bond acceptors (Lipinski definition) is 5. The Morgan fingerprint density at radius 3 is 2.86 bits per heavy atom. The highest BCUT2D eigenvalue weighted by atomic mass is 32.1. The molecule has 0 spiro atoms. The fourth-order valence-corrected chi connectivity index (χ4v) is 1.85. The van der Waals surface area contributed by atoms with Crippen LogP contribution in [0.3, 0.4) is 0 Å². The summed E-state index contributed by atoms with van der Waals surface area (Å²) in [7, 11) is 0. The minimum Gasteiger partial charge on any atom is -0.389 e. The second-order valence-corrected chi connectivity index (χ2v) is 4.21. The van der Waals surface area contributed by atoms with Gasteiger partial charge in [-0.15, -0.1) is 10.2 Å². The van der Waals surface area contributed by atoms with E-state index in [1.165, 1.54) is 11.3 Å². The first-order valence-electron chi connectivity index (χ1n) is 4.18. The molecule has 0 amide bonds. The van der Waals surface area contributed by atoms with Gasteiger partial charge in [-0.05, 0) is 6.42 Å². The molecule has 0 aliphatic heterocycles. The van der Waals surface area contributed by atoms with Gasteiger partial charge in [0, 0.05) is 12.0 Å². The standard InChI is InChI=1S/C7H9F2N3OS/c8-6(9)3-1-4(3)10-7-12-11-5(2-13)14-7/h3-4,6,13H,1-2H2,(H,10,12)/t3-,4-/m0/s1. The number of aliphatic hydroxyl groups is 1. The topological polar surface area (TPSA) is 58.0 Å². The van der Waals surface area contributed by atoms with Gasteiger partial charge in [-0.1, -0.05) is 11.3 Å². The molecule has 1 aliphatic carbocycles. The Hall–Kier alpha value is -0.820. The number of nitrogens with one attached hydrogen (secondary N) is 1. The zero-order valence-corrected chi connectivity index (χ0v) is 7.97. The average Bonchev–Trinajstić information content (AvgIpc) is 2.76. The highest BCUT2D eigenvalue weighted by Crippen LogP contribution is 2.38. The van der Waals surface area contributed by atoms with Crippen LogP contribution in [0.1, 0.15) is 11.4 Å². The number of hydrogen-bond donors (Lipinski definition) is 2. The van der Waals surface area contributed by atoms with Crippen LogP contribution in [0, 0.1) is 5.92 Å². The Kier molecular flexibility index (Phi) is 2.60. The van der Waals surface area contributed by atoms with Crippen molar-refractivity contribution in [1.82, 2.24) is 10.2 Å². The molecule has 1 saturated carbocycles. The van der Waals surface area contributed by atoms with Crippen molar-refractivity contribution in [2.24, 2.45) is 5.92 Å². The van der Waals surface area contributed by atoms with Crippen LogP contribution in [0.5, 0.6) is 0 Å². The normalized spacial score (nSPS) is 25.4. The summed E-state index contributed by atoms with van der Waals surface area (Å²) in [4.78, 5) is 0.